The van der Waals surface area contributed by atoms with Crippen molar-refractivity contribution in [2.45, 2.75) is 10.4 Å². The maximum Gasteiger partial charge on any atom is 0.242 e. The fourth-order valence-electron chi connectivity index (χ4n) is 5.79. The van der Waals surface area contributed by atoms with Crippen LogP contribution in [0.4, 0.5) is 0 Å². The molecule has 1 aliphatic carbocycles. The Morgan fingerprint density at radius 2 is 1.14 bits per heavy atom. The summed E-state index contributed by atoms with van der Waals surface area (Å²) in [5, 5.41) is 2.20. The third-order valence-corrected chi connectivity index (χ3v) is 8.69. The smallest absolute Gasteiger partial charge is 0.207 e. The van der Waals surface area contributed by atoms with Crippen molar-refractivity contribution in [1.82, 2.24) is 4.72 Å². The zero-order valence-corrected chi connectivity index (χ0v) is 19.6. The van der Waals surface area contributed by atoms with Crippen LogP contribution in [0.3, 0.4) is 0 Å². The van der Waals surface area contributed by atoms with E-state index in [2.05, 4.69) is 53.3 Å². The predicted molar refractivity (Wildman–Crippen MR) is 140 cm³/mol. The van der Waals surface area contributed by atoms with Crippen molar-refractivity contribution in [2.75, 3.05) is 0 Å². The summed E-state index contributed by atoms with van der Waals surface area (Å²) < 4.78 is 30.3. The van der Waals surface area contributed by atoms with Crippen LogP contribution in [0.25, 0.3) is 21.9 Å². The fraction of sp³-hybridized carbons (Fsp3) is 0.0323. The molecule has 0 saturated heterocycles. The third-order valence-electron chi connectivity index (χ3n) is 7.18. The molecule has 0 radical (unpaired) electrons. The highest BCUT2D eigenvalue weighted by molar-refractivity contribution is 7.90. The van der Waals surface area contributed by atoms with Crippen LogP contribution < -0.4 is 4.72 Å². The van der Waals surface area contributed by atoms with Gasteiger partial charge in [-0.3, -0.25) is 0 Å². The maximum absolute atomic E-state index is 13.6. The normalized spacial score (nSPS) is 19.8. The van der Waals surface area contributed by atoms with E-state index in [1.165, 1.54) is 0 Å². The number of benzene rings is 5. The highest BCUT2D eigenvalue weighted by Gasteiger charge is 2.55. The molecule has 5 aromatic rings. The lowest BCUT2D eigenvalue weighted by molar-refractivity contribution is 0.569. The van der Waals surface area contributed by atoms with E-state index in [4.69, 9.17) is 0 Å². The second-order valence-corrected chi connectivity index (χ2v) is 10.7. The van der Waals surface area contributed by atoms with Gasteiger partial charge < -0.3 is 0 Å². The second-order valence-electron chi connectivity index (χ2n) is 9.08. The fourth-order valence-corrected chi connectivity index (χ4v) is 7.40. The van der Waals surface area contributed by atoms with Gasteiger partial charge in [0.25, 0.3) is 0 Å². The van der Waals surface area contributed by atoms with E-state index in [0.717, 1.165) is 49.7 Å². The number of hydrogen-bond acceptors (Lipinski definition) is 2. The molecular formula is C31H21NO2S. The first kappa shape index (κ1) is 20.4. The van der Waals surface area contributed by atoms with Gasteiger partial charge >= 0.3 is 0 Å². The van der Waals surface area contributed by atoms with Crippen LogP contribution in [-0.4, -0.2) is 8.42 Å². The molecular weight excluding hydrogens is 450 g/mol. The molecule has 35 heavy (non-hydrogen) atoms. The molecule has 3 nitrogen and oxygen atoms in total. The zero-order valence-electron chi connectivity index (χ0n) is 18.8. The average Bonchev–Trinajstić information content (AvgIpc) is 3.31. The van der Waals surface area contributed by atoms with Gasteiger partial charge in [-0.2, -0.15) is 4.72 Å². The number of rotatable bonds is 2. The van der Waals surface area contributed by atoms with Crippen LogP contribution in [0.2, 0.25) is 0 Å². The Kier molecular flexibility index (Phi) is 4.23. The molecule has 1 spiro atoms. The summed E-state index contributed by atoms with van der Waals surface area (Å²) in [7, 11) is -3.72. The molecule has 0 unspecified atom stereocenters. The number of hydrogen-bond donors (Lipinski definition) is 1. The summed E-state index contributed by atoms with van der Waals surface area (Å²) in [5.74, 6) is 0. The Labute approximate surface area is 204 Å². The summed E-state index contributed by atoms with van der Waals surface area (Å²) in [6, 6.07) is 40.4. The number of sulfonamides is 1. The molecule has 0 amide bonds. The van der Waals surface area contributed by atoms with Crippen LogP contribution in [0.15, 0.2) is 126 Å². The van der Waals surface area contributed by atoms with E-state index >= 15 is 0 Å². The largest absolute Gasteiger partial charge is 0.242 e. The molecule has 0 aromatic heterocycles. The molecule has 1 aliphatic heterocycles. The standard InChI is InChI=1S/C31H21NO2S/c33-35(34)28-18-10-9-17-26(28)31(32-35)27-20-24-16-8-7-15-23(24)19-25(27)29(21-11-3-1-4-12-21)30(31)22-13-5-2-6-14-22/h1-20,32H/t31-/m1/s1. The van der Waals surface area contributed by atoms with Crippen molar-refractivity contribution < 1.29 is 8.42 Å². The topological polar surface area (TPSA) is 46.2 Å². The van der Waals surface area contributed by atoms with E-state index < -0.39 is 15.6 Å². The van der Waals surface area contributed by atoms with Gasteiger partial charge in [0.05, 0.1) is 4.90 Å². The summed E-state index contributed by atoms with van der Waals surface area (Å²) in [4.78, 5) is 0.335. The van der Waals surface area contributed by atoms with Gasteiger partial charge in [-0.05, 0) is 62.4 Å². The van der Waals surface area contributed by atoms with E-state index in [1.54, 1.807) is 12.1 Å². The van der Waals surface area contributed by atoms with E-state index in [9.17, 15) is 8.42 Å². The molecule has 5 aromatic carbocycles. The number of fused-ring (bicyclic) bond motifs is 5. The molecule has 2 aliphatic rings. The van der Waals surface area contributed by atoms with Crippen LogP contribution in [-0.2, 0) is 15.6 Å². The molecule has 0 bridgehead atoms. The Hall–Kier alpha value is -3.99. The molecule has 1 N–H and O–H groups in total. The lowest BCUT2D eigenvalue weighted by Crippen LogP contribution is -2.40. The first-order valence-corrected chi connectivity index (χ1v) is 13.1. The maximum atomic E-state index is 13.6. The Morgan fingerprint density at radius 3 is 1.86 bits per heavy atom. The van der Waals surface area contributed by atoms with Crippen LogP contribution in [0.5, 0.6) is 0 Å². The summed E-state index contributed by atoms with van der Waals surface area (Å²) in [6.07, 6.45) is 0. The minimum Gasteiger partial charge on any atom is -0.207 e. The minimum atomic E-state index is -3.72. The van der Waals surface area contributed by atoms with Crippen LogP contribution >= 0.6 is 0 Å². The van der Waals surface area contributed by atoms with Crippen LogP contribution in [0, 0.1) is 0 Å². The number of nitrogens with one attached hydrogen (secondary N) is 1. The van der Waals surface area contributed by atoms with Crippen molar-refractivity contribution in [3.8, 4) is 0 Å². The highest BCUT2D eigenvalue weighted by atomic mass is 32.2. The summed E-state index contributed by atoms with van der Waals surface area (Å²) in [6.45, 7) is 0. The van der Waals surface area contributed by atoms with Gasteiger partial charge in [-0.25, -0.2) is 8.42 Å². The predicted octanol–water partition coefficient (Wildman–Crippen LogP) is 6.35. The highest BCUT2D eigenvalue weighted by Crippen LogP contribution is 2.59. The molecule has 0 saturated carbocycles. The van der Waals surface area contributed by atoms with E-state index in [1.807, 2.05) is 60.7 Å². The van der Waals surface area contributed by atoms with Gasteiger partial charge in [0, 0.05) is 5.56 Å². The van der Waals surface area contributed by atoms with Gasteiger partial charge in [-0.15, -0.1) is 0 Å². The molecule has 1 atom stereocenters. The monoisotopic (exact) mass is 471 g/mol. The van der Waals surface area contributed by atoms with Crippen molar-refractivity contribution in [1.29, 1.82) is 0 Å². The Bertz CT molecular complexity index is 1770. The van der Waals surface area contributed by atoms with Gasteiger partial charge in [0.15, 0.2) is 0 Å². The minimum absolute atomic E-state index is 0.335. The first-order chi connectivity index (χ1) is 17.1. The SMILES string of the molecule is O=S1(=O)N[C@]2(C(c3ccccc3)=C(c3ccccc3)c3cc4ccccc4cc32)c2ccccc21. The van der Waals surface area contributed by atoms with Gasteiger partial charge in [0.2, 0.25) is 10.0 Å². The first-order valence-electron chi connectivity index (χ1n) is 11.6. The quantitative estimate of drug-likeness (QED) is 0.326. The third kappa shape index (κ3) is 2.78. The van der Waals surface area contributed by atoms with Crippen molar-refractivity contribution in [3.05, 3.63) is 149 Å². The van der Waals surface area contributed by atoms with Gasteiger partial charge in [0.1, 0.15) is 5.54 Å². The molecule has 0 fully saturated rings. The average molecular weight is 472 g/mol. The van der Waals surface area contributed by atoms with Crippen molar-refractivity contribution in [2.24, 2.45) is 0 Å². The van der Waals surface area contributed by atoms with Crippen LogP contribution in [0.1, 0.15) is 27.8 Å². The Balaban J connectivity index is 1.71. The van der Waals surface area contributed by atoms with Crippen molar-refractivity contribution in [3.63, 3.8) is 0 Å². The molecule has 4 heteroatoms. The molecule has 7 rings (SSSR count). The van der Waals surface area contributed by atoms with Gasteiger partial charge in [-0.1, -0.05) is 103 Å². The summed E-state index contributed by atoms with van der Waals surface area (Å²) in [5.41, 5.74) is 5.81. The summed E-state index contributed by atoms with van der Waals surface area (Å²) >= 11 is 0. The van der Waals surface area contributed by atoms with E-state index in [0.29, 0.717) is 4.90 Å². The molecule has 1 heterocycles. The van der Waals surface area contributed by atoms with E-state index in [-0.39, 0.29) is 0 Å². The Morgan fingerprint density at radius 1 is 0.571 bits per heavy atom. The second kappa shape index (κ2) is 7.25. The lowest BCUT2D eigenvalue weighted by atomic mass is 9.77. The lowest BCUT2D eigenvalue weighted by Gasteiger charge is -2.30. The zero-order chi connectivity index (χ0) is 23.6. The van der Waals surface area contributed by atoms with Crippen molar-refractivity contribution >= 4 is 31.9 Å². The molecule has 168 valence electrons.